The van der Waals surface area contributed by atoms with Gasteiger partial charge in [-0.15, -0.1) is 0 Å². The molecule has 0 atom stereocenters. The largest absolute Gasteiger partial charge is 0.281 e. The van der Waals surface area contributed by atoms with Crippen LogP contribution in [0.4, 0.5) is 5.69 Å². The molecule has 0 spiro atoms. The molecule has 0 saturated carbocycles. The lowest BCUT2D eigenvalue weighted by Crippen LogP contribution is -2.43. The molecule has 6 heteroatoms. The summed E-state index contributed by atoms with van der Waals surface area (Å²) in [5.41, 5.74) is 6.44. The summed E-state index contributed by atoms with van der Waals surface area (Å²) in [7, 11) is 1.65. The summed E-state index contributed by atoms with van der Waals surface area (Å²) < 4.78 is 0. The molecule has 1 aliphatic heterocycles. The topological polar surface area (TPSA) is 57.1 Å². The molecular formula is C18H17ClN4O. The van der Waals surface area contributed by atoms with Crippen LogP contribution in [-0.4, -0.2) is 36.1 Å². The fourth-order valence-electron chi connectivity index (χ4n) is 2.39. The van der Waals surface area contributed by atoms with E-state index in [1.54, 1.807) is 13.1 Å². The highest BCUT2D eigenvalue weighted by atomic mass is 35.5. The van der Waals surface area contributed by atoms with E-state index in [4.69, 9.17) is 16.6 Å². The van der Waals surface area contributed by atoms with Crippen LogP contribution >= 0.6 is 11.6 Å². The van der Waals surface area contributed by atoms with E-state index < -0.39 is 0 Å². The summed E-state index contributed by atoms with van der Waals surface area (Å²) in [5, 5.41) is 2.02. The number of nitrogens with one attached hydrogen (secondary N) is 1. The van der Waals surface area contributed by atoms with E-state index >= 15 is 0 Å². The third kappa shape index (κ3) is 3.46. The minimum absolute atomic E-state index is 0.106. The summed E-state index contributed by atoms with van der Waals surface area (Å²) >= 11 is 6.17. The third-order valence-electron chi connectivity index (χ3n) is 3.67. The second kappa shape index (κ2) is 6.84. The molecule has 0 bridgehead atoms. The molecule has 1 aliphatic rings. The molecule has 0 unspecified atom stereocenters. The van der Waals surface area contributed by atoms with Crippen molar-refractivity contribution >= 4 is 34.7 Å². The SMILES string of the molecule is CC(=O)N(C)NC1=Nc2ccc(Cl)cc2C(c2ccccc2)=NC1. The van der Waals surface area contributed by atoms with E-state index in [2.05, 4.69) is 10.4 Å². The third-order valence-corrected chi connectivity index (χ3v) is 3.91. The molecule has 1 amide bonds. The smallest absolute Gasteiger partial charge is 0.237 e. The molecule has 1 N–H and O–H groups in total. The number of halogens is 1. The molecule has 2 aromatic carbocycles. The maximum atomic E-state index is 11.4. The van der Waals surface area contributed by atoms with Gasteiger partial charge in [0.05, 0.1) is 17.9 Å². The standard InChI is InChI=1S/C18H17ClN4O/c1-12(24)23(2)22-17-11-20-18(13-6-4-3-5-7-13)15-10-14(19)8-9-16(15)21-17/h3-10H,11H2,1-2H3,(H,21,22). The zero-order valence-corrected chi connectivity index (χ0v) is 14.2. The molecular weight excluding hydrogens is 324 g/mol. The number of hydrazine groups is 1. The maximum absolute atomic E-state index is 11.4. The first-order valence-corrected chi connectivity index (χ1v) is 7.90. The molecule has 24 heavy (non-hydrogen) atoms. The van der Waals surface area contributed by atoms with Crippen LogP contribution in [0.1, 0.15) is 18.1 Å². The molecule has 5 nitrogen and oxygen atoms in total. The van der Waals surface area contributed by atoms with Crippen LogP contribution in [0.2, 0.25) is 5.02 Å². The number of fused-ring (bicyclic) bond motifs is 1. The summed E-state index contributed by atoms with van der Waals surface area (Å²) in [5.74, 6) is 0.493. The quantitative estimate of drug-likeness (QED) is 0.810. The predicted octanol–water partition coefficient (Wildman–Crippen LogP) is 3.20. The fourth-order valence-corrected chi connectivity index (χ4v) is 2.56. The monoisotopic (exact) mass is 340 g/mol. The van der Waals surface area contributed by atoms with Gasteiger partial charge in [-0.3, -0.25) is 20.2 Å². The Bertz CT molecular complexity index is 830. The summed E-state index contributed by atoms with van der Waals surface area (Å²) in [6.45, 7) is 1.82. The fraction of sp³-hybridized carbons (Fsp3) is 0.167. The molecule has 0 aromatic heterocycles. The number of carbonyl (C=O) groups excluding carboxylic acids is 1. The maximum Gasteiger partial charge on any atom is 0.237 e. The minimum Gasteiger partial charge on any atom is -0.281 e. The van der Waals surface area contributed by atoms with Crippen molar-refractivity contribution < 1.29 is 4.79 Å². The Balaban J connectivity index is 2.05. The van der Waals surface area contributed by atoms with Gasteiger partial charge in [0.2, 0.25) is 5.91 Å². The van der Waals surface area contributed by atoms with Crippen molar-refractivity contribution in [2.45, 2.75) is 6.92 Å². The number of rotatable bonds is 1. The van der Waals surface area contributed by atoms with Gasteiger partial charge >= 0.3 is 0 Å². The number of amidine groups is 1. The molecule has 0 aliphatic carbocycles. The first kappa shape index (κ1) is 16.2. The Kier molecular flexibility index (Phi) is 4.62. The Morgan fingerprint density at radius 2 is 1.96 bits per heavy atom. The van der Waals surface area contributed by atoms with Crippen molar-refractivity contribution in [1.29, 1.82) is 0 Å². The molecule has 0 fully saturated rings. The normalized spacial score (nSPS) is 13.3. The minimum atomic E-state index is -0.106. The Morgan fingerprint density at radius 3 is 2.67 bits per heavy atom. The van der Waals surface area contributed by atoms with E-state index in [9.17, 15) is 4.79 Å². The number of benzene rings is 2. The van der Waals surface area contributed by atoms with Gasteiger partial charge in [0, 0.05) is 30.1 Å². The second-order valence-electron chi connectivity index (χ2n) is 5.44. The van der Waals surface area contributed by atoms with Gasteiger partial charge in [-0.05, 0) is 18.2 Å². The van der Waals surface area contributed by atoms with Crippen molar-refractivity contribution in [2.75, 3.05) is 13.6 Å². The Morgan fingerprint density at radius 1 is 1.21 bits per heavy atom. The summed E-state index contributed by atoms with van der Waals surface area (Å²) in [6.07, 6.45) is 0. The van der Waals surface area contributed by atoms with Crippen LogP contribution < -0.4 is 5.43 Å². The summed E-state index contributed by atoms with van der Waals surface area (Å²) in [4.78, 5) is 20.7. The van der Waals surface area contributed by atoms with Gasteiger partial charge in [-0.25, -0.2) is 4.99 Å². The molecule has 1 heterocycles. The molecule has 3 rings (SSSR count). The zero-order chi connectivity index (χ0) is 17.1. The van der Waals surface area contributed by atoms with E-state index in [0.717, 1.165) is 22.5 Å². The number of aliphatic imine (C=N–C) groups is 2. The van der Waals surface area contributed by atoms with Crippen LogP contribution in [0.3, 0.4) is 0 Å². The van der Waals surface area contributed by atoms with Crippen LogP contribution in [-0.2, 0) is 4.79 Å². The predicted molar refractivity (Wildman–Crippen MR) is 97.1 cm³/mol. The molecule has 122 valence electrons. The van der Waals surface area contributed by atoms with E-state index in [0.29, 0.717) is 17.4 Å². The second-order valence-corrected chi connectivity index (χ2v) is 5.88. The van der Waals surface area contributed by atoms with Crippen molar-refractivity contribution in [1.82, 2.24) is 10.4 Å². The van der Waals surface area contributed by atoms with E-state index in [1.165, 1.54) is 11.9 Å². The average Bonchev–Trinajstić information content (AvgIpc) is 2.74. The van der Waals surface area contributed by atoms with E-state index in [1.807, 2.05) is 42.5 Å². The Labute approximate surface area is 145 Å². The van der Waals surface area contributed by atoms with Crippen LogP contribution in [0.5, 0.6) is 0 Å². The van der Waals surface area contributed by atoms with Gasteiger partial charge < -0.3 is 0 Å². The highest BCUT2D eigenvalue weighted by Gasteiger charge is 2.17. The van der Waals surface area contributed by atoms with Crippen molar-refractivity contribution in [3.05, 3.63) is 64.7 Å². The van der Waals surface area contributed by atoms with Gasteiger partial charge in [0.15, 0.2) is 0 Å². The molecule has 0 saturated heterocycles. The summed E-state index contributed by atoms with van der Waals surface area (Å²) in [6, 6.07) is 15.4. The van der Waals surface area contributed by atoms with E-state index in [-0.39, 0.29) is 5.91 Å². The van der Waals surface area contributed by atoms with Crippen molar-refractivity contribution in [3.63, 3.8) is 0 Å². The van der Waals surface area contributed by atoms with Crippen LogP contribution in [0, 0.1) is 0 Å². The zero-order valence-electron chi connectivity index (χ0n) is 13.5. The number of hydrogen-bond donors (Lipinski definition) is 1. The highest BCUT2D eigenvalue weighted by Crippen LogP contribution is 2.28. The van der Waals surface area contributed by atoms with Crippen LogP contribution in [0.15, 0.2) is 58.5 Å². The van der Waals surface area contributed by atoms with Gasteiger partial charge in [-0.1, -0.05) is 41.9 Å². The van der Waals surface area contributed by atoms with Crippen molar-refractivity contribution in [3.8, 4) is 0 Å². The van der Waals surface area contributed by atoms with Gasteiger partial charge in [0.25, 0.3) is 0 Å². The Hall–Kier alpha value is -2.66. The highest BCUT2D eigenvalue weighted by molar-refractivity contribution is 6.31. The van der Waals surface area contributed by atoms with Gasteiger partial charge in [0.1, 0.15) is 5.84 Å². The number of amides is 1. The lowest BCUT2D eigenvalue weighted by Gasteiger charge is -2.17. The molecule has 0 radical (unpaired) electrons. The van der Waals surface area contributed by atoms with Crippen molar-refractivity contribution in [2.24, 2.45) is 9.98 Å². The molecule has 2 aromatic rings. The van der Waals surface area contributed by atoms with Crippen LogP contribution in [0.25, 0.3) is 0 Å². The lowest BCUT2D eigenvalue weighted by molar-refractivity contribution is -0.129. The number of carbonyl (C=O) groups is 1. The van der Waals surface area contributed by atoms with Gasteiger partial charge in [-0.2, -0.15) is 0 Å². The number of nitrogens with zero attached hydrogens (tertiary/aromatic N) is 3. The first-order valence-electron chi connectivity index (χ1n) is 7.53. The lowest BCUT2D eigenvalue weighted by atomic mass is 10.0. The first-order chi connectivity index (χ1) is 11.5. The average molecular weight is 341 g/mol. The number of hydrogen-bond acceptors (Lipinski definition) is 4.